The molecule has 0 spiro atoms. The fourth-order valence-electron chi connectivity index (χ4n) is 3.85. The highest BCUT2D eigenvalue weighted by atomic mass is 32.2. The van der Waals surface area contributed by atoms with Crippen molar-refractivity contribution < 1.29 is 27.7 Å². The summed E-state index contributed by atoms with van der Waals surface area (Å²) in [5.74, 6) is 0.968. The third-order valence-corrected chi connectivity index (χ3v) is 7.94. The van der Waals surface area contributed by atoms with E-state index in [4.69, 9.17) is 14.2 Å². The van der Waals surface area contributed by atoms with Crippen molar-refractivity contribution in [2.75, 3.05) is 21.3 Å². The van der Waals surface area contributed by atoms with Crippen LogP contribution >= 0.6 is 0 Å². The van der Waals surface area contributed by atoms with Gasteiger partial charge in [0.15, 0.2) is 21.5 Å². The van der Waals surface area contributed by atoms with Crippen molar-refractivity contribution in [2.24, 2.45) is 7.05 Å². The van der Waals surface area contributed by atoms with Gasteiger partial charge in [-0.2, -0.15) is 0 Å². The monoisotopic (exact) mass is 528 g/mol. The largest absolute Gasteiger partial charge is 0.494 e. The molecule has 37 heavy (non-hydrogen) atoms. The molecule has 1 N–H and O–H groups in total. The van der Waals surface area contributed by atoms with Gasteiger partial charge in [-0.15, -0.1) is 10.2 Å². The number of aryl methyl sites for hydroxylation is 1. The molecule has 4 aromatic rings. The van der Waals surface area contributed by atoms with Crippen LogP contribution in [0.3, 0.4) is 0 Å². The average Bonchev–Trinajstić information content (AvgIpc) is 3.52. The summed E-state index contributed by atoms with van der Waals surface area (Å²) in [7, 11) is 2.26. The molecule has 4 rings (SSSR count). The molecule has 0 fully saturated rings. The van der Waals surface area contributed by atoms with Gasteiger partial charge in [0.1, 0.15) is 34.7 Å². The van der Waals surface area contributed by atoms with Gasteiger partial charge in [-0.1, -0.05) is 12.1 Å². The molecule has 2 atom stereocenters. The molecule has 0 amide bonds. The van der Waals surface area contributed by atoms with E-state index in [2.05, 4.69) is 20.2 Å². The summed E-state index contributed by atoms with van der Waals surface area (Å²) in [6, 6.07) is 10.3. The Labute approximate surface area is 214 Å². The van der Waals surface area contributed by atoms with Crippen molar-refractivity contribution in [3.63, 3.8) is 0 Å². The molecular weight excluding hydrogens is 500 g/mol. The van der Waals surface area contributed by atoms with Crippen LogP contribution < -0.4 is 14.2 Å². The zero-order valence-electron chi connectivity index (χ0n) is 21.1. The normalized spacial score (nSPS) is 13.2. The van der Waals surface area contributed by atoms with Gasteiger partial charge >= 0.3 is 0 Å². The van der Waals surface area contributed by atoms with E-state index in [0.717, 1.165) is 0 Å². The quantitative estimate of drug-likeness (QED) is 0.325. The lowest BCUT2D eigenvalue weighted by molar-refractivity contribution is 0.171. The molecule has 0 aliphatic rings. The number of aromatic nitrogens is 6. The highest BCUT2D eigenvalue weighted by molar-refractivity contribution is 7.91. The molecule has 12 nitrogen and oxygen atoms in total. The highest BCUT2D eigenvalue weighted by Gasteiger charge is 2.34. The van der Waals surface area contributed by atoms with Crippen LogP contribution in [0.25, 0.3) is 17.2 Å². The van der Waals surface area contributed by atoms with E-state index < -0.39 is 26.9 Å². The number of nitrogens with zero attached hydrogens (tertiary/aromatic N) is 6. The maximum absolute atomic E-state index is 13.5. The number of imidazole rings is 1. The van der Waals surface area contributed by atoms with Gasteiger partial charge in [0.2, 0.25) is 5.88 Å². The van der Waals surface area contributed by atoms with E-state index in [1.54, 1.807) is 54.2 Å². The minimum Gasteiger partial charge on any atom is -0.494 e. The molecule has 196 valence electrons. The third kappa shape index (κ3) is 5.13. The number of aliphatic hydroxyl groups is 1. The standard InChI is InChI=1S/C24H28N6O6S/c1-15(23(31)17-12-29(2)14-25-17)37(32,33)13-20-27-28-24(16-8-6-11-21(26-16)36-5)30(20)22-18(34-3)9-7-10-19(22)35-4/h6-12,14-15,23,31H,13H2,1-5H3/t15-,23-/m1/s1. The number of sulfone groups is 1. The number of rotatable bonds is 10. The molecule has 0 saturated heterocycles. The zero-order chi connectivity index (χ0) is 26.7. The van der Waals surface area contributed by atoms with Crippen molar-refractivity contribution in [3.8, 4) is 34.6 Å². The number of aliphatic hydroxyl groups excluding tert-OH is 1. The van der Waals surface area contributed by atoms with E-state index in [1.807, 2.05) is 0 Å². The smallest absolute Gasteiger partial charge is 0.213 e. The lowest BCUT2D eigenvalue weighted by Crippen LogP contribution is -2.28. The summed E-state index contributed by atoms with van der Waals surface area (Å²) in [5, 5.41) is 18.1. The van der Waals surface area contributed by atoms with Crippen LogP contribution in [0.15, 0.2) is 48.9 Å². The summed E-state index contributed by atoms with van der Waals surface area (Å²) < 4.78 is 46.6. The molecule has 0 radical (unpaired) electrons. The van der Waals surface area contributed by atoms with Crippen molar-refractivity contribution in [2.45, 2.75) is 24.0 Å². The fraction of sp³-hybridized carbons (Fsp3) is 0.333. The molecule has 3 aromatic heterocycles. The number of hydrogen-bond acceptors (Lipinski definition) is 10. The van der Waals surface area contributed by atoms with E-state index in [-0.39, 0.29) is 17.3 Å². The van der Waals surface area contributed by atoms with Crippen LogP contribution in [0.5, 0.6) is 17.4 Å². The average molecular weight is 529 g/mol. The van der Waals surface area contributed by atoms with Gasteiger partial charge in [-0.3, -0.25) is 4.57 Å². The van der Waals surface area contributed by atoms with Crippen molar-refractivity contribution in [1.82, 2.24) is 29.3 Å². The second kappa shape index (κ2) is 10.6. The Morgan fingerprint density at radius 2 is 1.68 bits per heavy atom. The van der Waals surface area contributed by atoms with Crippen LogP contribution in [0.1, 0.15) is 24.5 Å². The molecule has 1 aromatic carbocycles. The number of benzene rings is 1. The van der Waals surface area contributed by atoms with Gasteiger partial charge in [0.25, 0.3) is 0 Å². The van der Waals surface area contributed by atoms with Crippen LogP contribution in [0.2, 0.25) is 0 Å². The molecule has 0 unspecified atom stereocenters. The minimum atomic E-state index is -3.95. The van der Waals surface area contributed by atoms with E-state index in [1.165, 1.54) is 39.1 Å². The maximum atomic E-state index is 13.5. The second-order valence-corrected chi connectivity index (χ2v) is 10.6. The Bertz CT molecular complexity index is 1480. The Balaban J connectivity index is 1.85. The third-order valence-electron chi connectivity index (χ3n) is 5.89. The SMILES string of the molecule is COc1cccc(-c2nnc(CS(=O)(=O)[C@H](C)[C@@H](O)c3cn(C)cn3)n2-c2c(OC)cccc2OC)n1. The van der Waals surface area contributed by atoms with Gasteiger partial charge in [-0.05, 0) is 25.1 Å². The van der Waals surface area contributed by atoms with Gasteiger partial charge in [-0.25, -0.2) is 18.4 Å². The predicted octanol–water partition coefficient (Wildman–Crippen LogP) is 2.13. The Hall–Kier alpha value is -3.97. The first-order chi connectivity index (χ1) is 17.7. The molecule has 0 aliphatic heterocycles. The summed E-state index contributed by atoms with van der Waals surface area (Å²) in [4.78, 5) is 8.54. The summed E-state index contributed by atoms with van der Waals surface area (Å²) in [6.45, 7) is 1.43. The molecule has 3 heterocycles. The van der Waals surface area contributed by atoms with Crippen LogP contribution in [0, 0.1) is 0 Å². The van der Waals surface area contributed by atoms with Gasteiger partial charge in [0.05, 0.1) is 38.6 Å². The first-order valence-electron chi connectivity index (χ1n) is 11.2. The fourth-order valence-corrected chi connectivity index (χ4v) is 5.19. The first-order valence-corrected chi connectivity index (χ1v) is 13.0. The van der Waals surface area contributed by atoms with Crippen molar-refractivity contribution >= 4 is 9.84 Å². The van der Waals surface area contributed by atoms with E-state index in [9.17, 15) is 13.5 Å². The Morgan fingerprint density at radius 3 is 2.27 bits per heavy atom. The van der Waals surface area contributed by atoms with Crippen molar-refractivity contribution in [1.29, 1.82) is 0 Å². The van der Waals surface area contributed by atoms with Crippen LogP contribution in [0.4, 0.5) is 0 Å². The Kier molecular flexibility index (Phi) is 7.45. The van der Waals surface area contributed by atoms with Gasteiger partial charge < -0.3 is 23.9 Å². The highest BCUT2D eigenvalue weighted by Crippen LogP contribution is 2.37. The number of methoxy groups -OCH3 is 3. The maximum Gasteiger partial charge on any atom is 0.213 e. The van der Waals surface area contributed by atoms with E-state index in [0.29, 0.717) is 28.8 Å². The molecule has 0 saturated carbocycles. The van der Waals surface area contributed by atoms with Crippen LogP contribution in [-0.4, -0.2) is 69.4 Å². The minimum absolute atomic E-state index is 0.0856. The van der Waals surface area contributed by atoms with Gasteiger partial charge in [0, 0.05) is 19.3 Å². The number of ether oxygens (including phenoxy) is 3. The lowest BCUT2D eigenvalue weighted by atomic mass is 10.2. The van der Waals surface area contributed by atoms with E-state index >= 15 is 0 Å². The van der Waals surface area contributed by atoms with Crippen molar-refractivity contribution in [3.05, 3.63) is 60.4 Å². The topological polar surface area (TPSA) is 143 Å². The lowest BCUT2D eigenvalue weighted by Gasteiger charge is -2.20. The molecular formula is C24H28N6O6S. The first kappa shape index (κ1) is 26.1. The number of para-hydroxylation sites is 1. The summed E-state index contributed by atoms with van der Waals surface area (Å²) in [6.07, 6.45) is 1.74. The number of pyridine rings is 1. The second-order valence-electron chi connectivity index (χ2n) is 8.27. The molecule has 0 aliphatic carbocycles. The summed E-state index contributed by atoms with van der Waals surface area (Å²) >= 11 is 0. The number of hydrogen-bond donors (Lipinski definition) is 1. The van der Waals surface area contributed by atoms with Crippen LogP contribution in [-0.2, 0) is 22.6 Å². The molecule has 13 heteroatoms. The summed E-state index contributed by atoms with van der Waals surface area (Å²) in [5.41, 5.74) is 1.05. The predicted molar refractivity (Wildman–Crippen MR) is 134 cm³/mol. The zero-order valence-corrected chi connectivity index (χ0v) is 21.9. The Morgan fingerprint density at radius 1 is 1.00 bits per heavy atom. The molecule has 0 bridgehead atoms.